The van der Waals surface area contributed by atoms with Gasteiger partial charge in [0.1, 0.15) is 12.1 Å². The smallest absolute Gasteiger partial charge is 0.327 e. The van der Waals surface area contributed by atoms with Crippen LogP contribution in [0, 0.1) is 11.3 Å². The van der Waals surface area contributed by atoms with E-state index in [1.165, 1.54) is 0 Å². The van der Waals surface area contributed by atoms with Gasteiger partial charge in [0.2, 0.25) is 0 Å². The van der Waals surface area contributed by atoms with Crippen molar-refractivity contribution in [3.63, 3.8) is 0 Å². The second-order valence-corrected chi connectivity index (χ2v) is 5.48. The van der Waals surface area contributed by atoms with Crippen LogP contribution in [0.2, 0.25) is 5.02 Å². The molecule has 1 aliphatic heterocycles. The number of nitrogens with zero attached hydrogens (tertiary/aromatic N) is 2. The Hall–Kier alpha value is -1.38. The van der Waals surface area contributed by atoms with E-state index in [1.807, 2.05) is 0 Å². The number of hydrogen-bond acceptors (Lipinski definition) is 4. The molecule has 1 heterocycles. The van der Waals surface area contributed by atoms with Gasteiger partial charge in [0.15, 0.2) is 0 Å². The maximum atomic E-state index is 11.3. The number of nitriles is 1. The first kappa shape index (κ1) is 13.1. The van der Waals surface area contributed by atoms with Crippen LogP contribution >= 0.6 is 23.4 Å². The van der Waals surface area contributed by atoms with Gasteiger partial charge in [-0.3, -0.25) is 0 Å². The van der Waals surface area contributed by atoms with Crippen molar-refractivity contribution < 1.29 is 9.90 Å². The van der Waals surface area contributed by atoms with Gasteiger partial charge in [0.25, 0.3) is 0 Å². The van der Waals surface area contributed by atoms with Crippen molar-refractivity contribution in [2.24, 2.45) is 0 Å². The quantitative estimate of drug-likeness (QED) is 0.901. The predicted molar refractivity (Wildman–Crippen MR) is 72.3 cm³/mol. The first-order chi connectivity index (χ1) is 8.63. The summed E-state index contributed by atoms with van der Waals surface area (Å²) in [5, 5.41) is 18.8. The molecule has 0 spiro atoms. The van der Waals surface area contributed by atoms with E-state index in [-0.39, 0.29) is 0 Å². The molecular weight excluding hydrogens is 272 g/mol. The second kappa shape index (κ2) is 5.51. The SMILES string of the molecule is N#Cc1ccc(Cl)cc1N1CCSCC1C(=O)O. The maximum absolute atomic E-state index is 11.3. The summed E-state index contributed by atoms with van der Waals surface area (Å²) in [6.07, 6.45) is 0. The Bertz CT molecular complexity index is 515. The Labute approximate surface area is 114 Å². The average molecular weight is 283 g/mol. The molecule has 94 valence electrons. The first-order valence-electron chi connectivity index (χ1n) is 5.40. The van der Waals surface area contributed by atoms with Crippen LogP contribution < -0.4 is 4.90 Å². The van der Waals surface area contributed by atoms with Crippen LogP contribution in [0.25, 0.3) is 0 Å². The van der Waals surface area contributed by atoms with Gasteiger partial charge in [0, 0.05) is 23.1 Å². The minimum absolute atomic E-state index is 0.456. The summed E-state index contributed by atoms with van der Waals surface area (Å²) in [6.45, 7) is 0.608. The molecule has 1 N–H and O–H groups in total. The summed E-state index contributed by atoms with van der Waals surface area (Å²) in [5.41, 5.74) is 1.07. The van der Waals surface area contributed by atoms with Crippen molar-refractivity contribution in [2.75, 3.05) is 23.0 Å². The lowest BCUT2D eigenvalue weighted by molar-refractivity contribution is -0.138. The van der Waals surface area contributed by atoms with Crippen LogP contribution in [0.15, 0.2) is 18.2 Å². The molecule has 18 heavy (non-hydrogen) atoms. The maximum Gasteiger partial charge on any atom is 0.327 e. The number of aliphatic carboxylic acids is 1. The fourth-order valence-corrected chi connectivity index (χ4v) is 3.14. The van der Waals surface area contributed by atoms with Crippen LogP contribution in [0.3, 0.4) is 0 Å². The lowest BCUT2D eigenvalue weighted by atomic mass is 10.1. The molecule has 0 aromatic heterocycles. The van der Waals surface area contributed by atoms with Crippen molar-refractivity contribution in [3.05, 3.63) is 28.8 Å². The summed E-state index contributed by atoms with van der Waals surface area (Å²) in [5.74, 6) is 0.500. The van der Waals surface area contributed by atoms with Gasteiger partial charge < -0.3 is 10.0 Å². The second-order valence-electron chi connectivity index (χ2n) is 3.90. The molecule has 2 rings (SSSR count). The Morgan fingerprint density at radius 1 is 1.61 bits per heavy atom. The van der Waals surface area contributed by atoms with Gasteiger partial charge in [-0.2, -0.15) is 17.0 Å². The number of carbonyl (C=O) groups is 1. The standard InChI is InChI=1S/C12H11ClN2O2S/c13-9-2-1-8(6-14)10(5-9)15-3-4-18-7-11(15)12(16)17/h1-2,5,11H,3-4,7H2,(H,16,17). The summed E-state index contributed by atoms with van der Waals surface area (Å²) in [4.78, 5) is 13.0. The molecular formula is C12H11ClN2O2S. The molecule has 0 amide bonds. The van der Waals surface area contributed by atoms with Gasteiger partial charge >= 0.3 is 5.97 Å². The molecule has 0 radical (unpaired) electrons. The van der Waals surface area contributed by atoms with E-state index in [2.05, 4.69) is 6.07 Å². The van der Waals surface area contributed by atoms with Crippen LogP contribution in [-0.2, 0) is 4.79 Å². The van der Waals surface area contributed by atoms with E-state index in [4.69, 9.17) is 16.9 Å². The zero-order chi connectivity index (χ0) is 13.1. The molecule has 6 heteroatoms. The Balaban J connectivity index is 2.42. The molecule has 1 saturated heterocycles. The molecule has 4 nitrogen and oxygen atoms in total. The number of thioether (sulfide) groups is 1. The number of rotatable bonds is 2. The van der Waals surface area contributed by atoms with Gasteiger partial charge in [-0.25, -0.2) is 4.79 Å². The molecule has 1 fully saturated rings. The highest BCUT2D eigenvalue weighted by molar-refractivity contribution is 7.99. The minimum atomic E-state index is -0.869. The molecule has 1 aromatic rings. The third-order valence-electron chi connectivity index (χ3n) is 2.80. The third-order valence-corrected chi connectivity index (χ3v) is 4.06. The Kier molecular flexibility index (Phi) is 4.00. The topological polar surface area (TPSA) is 64.3 Å². The molecule has 0 saturated carbocycles. The number of anilines is 1. The molecule has 1 unspecified atom stereocenters. The Morgan fingerprint density at radius 2 is 2.39 bits per heavy atom. The molecule has 1 atom stereocenters. The summed E-state index contributed by atoms with van der Waals surface area (Å²) < 4.78 is 0. The zero-order valence-electron chi connectivity index (χ0n) is 9.47. The summed E-state index contributed by atoms with van der Waals surface area (Å²) >= 11 is 7.54. The van der Waals surface area contributed by atoms with E-state index in [0.29, 0.717) is 28.6 Å². The van der Waals surface area contributed by atoms with Crippen molar-refractivity contribution in [2.45, 2.75) is 6.04 Å². The van der Waals surface area contributed by atoms with Crippen LogP contribution in [0.5, 0.6) is 0 Å². The van der Waals surface area contributed by atoms with E-state index < -0.39 is 12.0 Å². The molecule has 1 aliphatic rings. The summed E-state index contributed by atoms with van der Waals surface area (Å²) in [7, 11) is 0. The minimum Gasteiger partial charge on any atom is -0.480 e. The number of benzene rings is 1. The molecule has 0 aliphatic carbocycles. The van der Waals surface area contributed by atoms with E-state index in [1.54, 1.807) is 34.9 Å². The van der Waals surface area contributed by atoms with Crippen molar-refractivity contribution in [1.29, 1.82) is 5.26 Å². The number of carboxylic acids is 1. The van der Waals surface area contributed by atoms with Crippen molar-refractivity contribution in [3.8, 4) is 6.07 Å². The lowest BCUT2D eigenvalue weighted by Crippen LogP contribution is -2.47. The fourth-order valence-electron chi connectivity index (χ4n) is 1.93. The van der Waals surface area contributed by atoms with E-state index in [9.17, 15) is 9.90 Å². The van der Waals surface area contributed by atoms with Gasteiger partial charge in [-0.15, -0.1) is 0 Å². The zero-order valence-corrected chi connectivity index (χ0v) is 11.0. The third kappa shape index (κ3) is 2.55. The first-order valence-corrected chi connectivity index (χ1v) is 6.93. The van der Waals surface area contributed by atoms with Gasteiger partial charge in [-0.05, 0) is 18.2 Å². The van der Waals surface area contributed by atoms with Crippen molar-refractivity contribution in [1.82, 2.24) is 0 Å². The average Bonchev–Trinajstić information content (AvgIpc) is 2.38. The molecule has 0 bridgehead atoms. The largest absolute Gasteiger partial charge is 0.480 e. The van der Waals surface area contributed by atoms with Gasteiger partial charge in [0.05, 0.1) is 11.3 Å². The highest BCUT2D eigenvalue weighted by Gasteiger charge is 2.30. The van der Waals surface area contributed by atoms with Gasteiger partial charge in [-0.1, -0.05) is 11.6 Å². The van der Waals surface area contributed by atoms with E-state index >= 15 is 0 Å². The van der Waals surface area contributed by atoms with Crippen LogP contribution in [0.1, 0.15) is 5.56 Å². The highest BCUT2D eigenvalue weighted by Crippen LogP contribution is 2.29. The normalized spacial score (nSPS) is 19.3. The summed E-state index contributed by atoms with van der Waals surface area (Å²) in [6, 6.07) is 6.40. The monoisotopic (exact) mass is 282 g/mol. The van der Waals surface area contributed by atoms with Crippen molar-refractivity contribution >= 4 is 35.0 Å². The number of hydrogen-bond donors (Lipinski definition) is 1. The lowest BCUT2D eigenvalue weighted by Gasteiger charge is -2.35. The number of halogens is 1. The Morgan fingerprint density at radius 3 is 3.06 bits per heavy atom. The predicted octanol–water partition coefficient (Wildman–Crippen LogP) is 2.22. The van der Waals surface area contributed by atoms with Crippen LogP contribution in [-0.4, -0.2) is 35.2 Å². The van der Waals surface area contributed by atoms with Crippen LogP contribution in [0.4, 0.5) is 5.69 Å². The fraction of sp³-hybridized carbons (Fsp3) is 0.333. The number of carboxylic acid groups (broad SMARTS) is 1. The highest BCUT2D eigenvalue weighted by atomic mass is 35.5. The van der Waals surface area contributed by atoms with E-state index in [0.717, 1.165) is 5.75 Å². The molecule has 1 aromatic carbocycles.